The summed E-state index contributed by atoms with van der Waals surface area (Å²) in [6.07, 6.45) is 13.9. The number of ketones is 2. The van der Waals surface area contributed by atoms with Crippen LogP contribution >= 0.6 is 0 Å². The zero-order chi connectivity index (χ0) is 32.3. The van der Waals surface area contributed by atoms with Crippen molar-refractivity contribution < 1.29 is 18.7 Å². The Labute approximate surface area is 278 Å². The molecule has 5 aliphatic rings. The molecule has 8 rings (SSSR count). The van der Waals surface area contributed by atoms with E-state index >= 15 is 0 Å². The molecular weight excluding hydrogens is 587 g/mol. The molecule has 0 aliphatic heterocycles. The van der Waals surface area contributed by atoms with Crippen molar-refractivity contribution in [2.24, 2.45) is 34.5 Å². The molecule has 0 bridgehead atoms. The molecule has 250 valence electrons. The van der Waals surface area contributed by atoms with Crippen molar-refractivity contribution >= 4 is 22.5 Å². The molecule has 6 heteroatoms. The predicted molar refractivity (Wildman–Crippen MR) is 184 cm³/mol. The van der Waals surface area contributed by atoms with Crippen LogP contribution in [0.4, 0.5) is 4.39 Å². The number of hydrogen-bond acceptors (Lipinski definition) is 4. The fourth-order valence-corrected chi connectivity index (χ4v) is 11.4. The lowest BCUT2D eigenvalue weighted by molar-refractivity contribution is -0.145. The summed E-state index contributed by atoms with van der Waals surface area (Å²) in [6.45, 7) is 7.61. The van der Waals surface area contributed by atoms with Gasteiger partial charge in [-0.05, 0) is 134 Å². The summed E-state index contributed by atoms with van der Waals surface area (Å²) >= 11 is 0. The normalized spacial score (nSPS) is 33.4. The second-order valence-electron chi connectivity index (χ2n) is 16.2. The number of benzene rings is 2. The van der Waals surface area contributed by atoms with Crippen LogP contribution in [0, 0.1) is 40.3 Å². The van der Waals surface area contributed by atoms with E-state index in [0.29, 0.717) is 46.1 Å². The molecule has 0 amide bonds. The molecular formula is C41H51FN2O3. The highest BCUT2D eigenvalue weighted by Gasteiger charge is 2.60. The molecule has 7 atom stereocenters. The third-order valence-corrected chi connectivity index (χ3v) is 13.9. The highest BCUT2D eigenvalue weighted by molar-refractivity contribution is 6.11. The molecule has 0 saturated heterocycles. The Kier molecular flexibility index (Phi) is 8.19. The van der Waals surface area contributed by atoms with E-state index in [9.17, 15) is 14.0 Å². The predicted octanol–water partition coefficient (Wildman–Crippen LogP) is 8.97. The molecule has 4 saturated carbocycles. The van der Waals surface area contributed by atoms with Crippen molar-refractivity contribution in [3.8, 4) is 11.3 Å². The fraction of sp³-hybridized carbons (Fsp3) is 0.610. The first-order chi connectivity index (χ1) is 22.7. The Bertz CT molecular complexity index is 1680. The maximum absolute atomic E-state index is 14.3. The number of aromatic amines is 1. The van der Waals surface area contributed by atoms with Gasteiger partial charge in [0, 0.05) is 54.6 Å². The average Bonchev–Trinajstić information content (AvgIpc) is 3.54. The van der Waals surface area contributed by atoms with Crippen LogP contribution in [0.2, 0.25) is 0 Å². The molecule has 2 aromatic carbocycles. The number of nitrogens with one attached hydrogen (secondary N) is 2. The van der Waals surface area contributed by atoms with Crippen LogP contribution in [0.25, 0.3) is 22.2 Å². The number of H-pyrrole nitrogens is 1. The maximum atomic E-state index is 14.3. The van der Waals surface area contributed by atoms with Gasteiger partial charge in [0.2, 0.25) is 0 Å². The lowest BCUT2D eigenvalue weighted by Crippen LogP contribution is -2.54. The van der Waals surface area contributed by atoms with Crippen molar-refractivity contribution in [2.75, 3.05) is 13.2 Å². The number of carbonyl (C=O) groups is 2. The molecule has 1 unspecified atom stereocenters. The summed E-state index contributed by atoms with van der Waals surface area (Å²) in [7, 11) is 0. The number of fused-ring (bicyclic) bond motifs is 5. The Morgan fingerprint density at radius 2 is 1.77 bits per heavy atom. The highest BCUT2D eigenvalue weighted by atomic mass is 19.1. The van der Waals surface area contributed by atoms with E-state index in [1.165, 1.54) is 56.2 Å². The van der Waals surface area contributed by atoms with Gasteiger partial charge in [-0.15, -0.1) is 0 Å². The number of aromatic nitrogens is 1. The zero-order valence-corrected chi connectivity index (χ0v) is 28.3. The fourth-order valence-electron chi connectivity index (χ4n) is 11.4. The van der Waals surface area contributed by atoms with Crippen molar-refractivity contribution in [2.45, 2.75) is 110 Å². The van der Waals surface area contributed by atoms with Crippen LogP contribution in [0.15, 0.2) is 36.4 Å². The second kappa shape index (κ2) is 12.2. The van der Waals surface area contributed by atoms with E-state index in [1.54, 1.807) is 0 Å². The first-order valence-electron chi connectivity index (χ1n) is 18.6. The molecule has 1 heterocycles. The van der Waals surface area contributed by atoms with E-state index in [4.69, 9.17) is 4.74 Å². The summed E-state index contributed by atoms with van der Waals surface area (Å²) in [6, 6.07) is 11.5. The molecule has 47 heavy (non-hydrogen) atoms. The topological polar surface area (TPSA) is 71.2 Å². The Hall–Kier alpha value is -2.83. The number of rotatable bonds is 8. The van der Waals surface area contributed by atoms with Crippen LogP contribution in [-0.2, 0) is 22.5 Å². The Morgan fingerprint density at radius 1 is 0.936 bits per heavy atom. The molecule has 0 spiro atoms. The quantitative estimate of drug-likeness (QED) is 0.242. The summed E-state index contributed by atoms with van der Waals surface area (Å²) in [5, 5.41) is 4.51. The first-order valence-corrected chi connectivity index (χ1v) is 18.6. The standard InChI is InChI=1S/C41H51FN2O3/c1-40-17-15-29(45)21-27(40)11-12-30-33-13-14-37(41(33,2)18-16-34(30)40)47-20-4-19-43-24-25-7-9-26(10-8-25)39-31-5-3-6-36(46)32-22-28(42)23-35(44-39)38(31)32/h7-10,22-23,27,30,33-34,37,43-44H,3-6,11-21,24H2,1-2H3/t27-,30-,33-,34-,37?,40-,41-/m0/s1. The molecule has 5 aliphatic carbocycles. The van der Waals surface area contributed by atoms with E-state index in [-0.39, 0.29) is 11.6 Å². The minimum absolute atomic E-state index is 0.0332. The van der Waals surface area contributed by atoms with Gasteiger partial charge in [0.1, 0.15) is 11.6 Å². The molecule has 0 radical (unpaired) electrons. The molecule has 5 nitrogen and oxygen atoms in total. The number of halogens is 1. The molecule has 3 aromatic rings. The number of ether oxygens (including phenoxy) is 1. The summed E-state index contributed by atoms with van der Waals surface area (Å²) in [4.78, 5) is 28.3. The van der Waals surface area contributed by atoms with E-state index < -0.39 is 0 Å². The van der Waals surface area contributed by atoms with Gasteiger partial charge >= 0.3 is 0 Å². The molecule has 4 fully saturated rings. The van der Waals surface area contributed by atoms with Gasteiger partial charge in [-0.25, -0.2) is 4.39 Å². The monoisotopic (exact) mass is 638 g/mol. The highest BCUT2D eigenvalue weighted by Crippen LogP contribution is 2.66. The summed E-state index contributed by atoms with van der Waals surface area (Å²) in [5.41, 5.74) is 6.34. The summed E-state index contributed by atoms with van der Waals surface area (Å²) in [5.74, 6) is 3.19. The number of carbonyl (C=O) groups excluding carboxylic acids is 2. The lowest BCUT2D eigenvalue weighted by atomic mass is 9.45. The Morgan fingerprint density at radius 3 is 2.62 bits per heavy atom. The zero-order valence-electron chi connectivity index (χ0n) is 28.3. The van der Waals surface area contributed by atoms with Gasteiger partial charge in [-0.3, -0.25) is 9.59 Å². The lowest BCUT2D eigenvalue weighted by Gasteiger charge is -2.60. The second-order valence-corrected chi connectivity index (χ2v) is 16.2. The first kappa shape index (κ1) is 31.4. The van der Waals surface area contributed by atoms with Gasteiger partial charge in [0.05, 0.1) is 6.10 Å². The minimum Gasteiger partial charge on any atom is -0.378 e. The number of hydrogen-bond donors (Lipinski definition) is 2. The average molecular weight is 639 g/mol. The molecule has 2 N–H and O–H groups in total. The van der Waals surface area contributed by atoms with E-state index in [1.807, 2.05) is 0 Å². The maximum Gasteiger partial charge on any atom is 0.163 e. The van der Waals surface area contributed by atoms with Crippen LogP contribution < -0.4 is 5.32 Å². The third kappa shape index (κ3) is 5.42. The SMILES string of the molecule is C[C@]12CCC(=O)C[C@@H]1CC[C@@H]1[C@@H]2CC[C@]2(C)C(OCCCNCc3ccc(-c4[nH]c5cc(F)cc6c5c4CCCC6=O)cc3)CC[C@@H]12. The van der Waals surface area contributed by atoms with Gasteiger partial charge < -0.3 is 15.0 Å². The van der Waals surface area contributed by atoms with E-state index in [2.05, 4.69) is 48.4 Å². The number of aryl methyl sites for hydroxylation is 1. The van der Waals surface area contributed by atoms with Crippen molar-refractivity contribution in [1.29, 1.82) is 0 Å². The van der Waals surface area contributed by atoms with E-state index in [0.717, 1.165) is 98.2 Å². The largest absolute Gasteiger partial charge is 0.378 e. The van der Waals surface area contributed by atoms with Crippen molar-refractivity contribution in [1.82, 2.24) is 10.3 Å². The van der Waals surface area contributed by atoms with Crippen LogP contribution in [0.3, 0.4) is 0 Å². The molecule has 1 aromatic heterocycles. The van der Waals surface area contributed by atoms with Crippen LogP contribution in [0.1, 0.15) is 112 Å². The van der Waals surface area contributed by atoms with Gasteiger partial charge in [-0.1, -0.05) is 38.1 Å². The van der Waals surface area contributed by atoms with Gasteiger partial charge in [-0.2, -0.15) is 0 Å². The smallest absolute Gasteiger partial charge is 0.163 e. The summed E-state index contributed by atoms with van der Waals surface area (Å²) < 4.78 is 21.0. The van der Waals surface area contributed by atoms with Crippen LogP contribution in [0.5, 0.6) is 0 Å². The number of Topliss-reactive ketones (excluding diaryl/α,β-unsaturated/α-hetero) is 2. The Balaban J connectivity index is 0.827. The minimum atomic E-state index is -0.366. The van der Waals surface area contributed by atoms with Gasteiger partial charge in [0.25, 0.3) is 0 Å². The van der Waals surface area contributed by atoms with Crippen molar-refractivity contribution in [3.05, 3.63) is 58.9 Å². The van der Waals surface area contributed by atoms with Crippen molar-refractivity contribution in [3.63, 3.8) is 0 Å². The van der Waals surface area contributed by atoms with Gasteiger partial charge in [0.15, 0.2) is 5.78 Å². The van der Waals surface area contributed by atoms with Crippen LogP contribution in [-0.4, -0.2) is 35.8 Å². The third-order valence-electron chi connectivity index (χ3n) is 13.9.